The zero-order chi connectivity index (χ0) is 24.0. The van der Waals surface area contributed by atoms with Crippen molar-refractivity contribution < 1.29 is 13.2 Å². The number of rotatable bonds is 9. The second-order valence-corrected chi connectivity index (χ2v) is 10.5. The molecule has 178 valence electrons. The third kappa shape index (κ3) is 5.81. The molecule has 0 unspecified atom stereocenters. The first kappa shape index (κ1) is 23.9. The van der Waals surface area contributed by atoms with Crippen LogP contribution in [-0.2, 0) is 21.2 Å². The third-order valence-corrected chi connectivity index (χ3v) is 8.04. The van der Waals surface area contributed by atoms with E-state index < -0.39 is 10.0 Å². The third-order valence-electron chi connectivity index (χ3n) is 6.17. The van der Waals surface area contributed by atoms with Crippen LogP contribution in [0.3, 0.4) is 0 Å². The first-order valence-electron chi connectivity index (χ1n) is 11.5. The fourth-order valence-electron chi connectivity index (χ4n) is 4.09. The van der Waals surface area contributed by atoms with Crippen LogP contribution in [0.4, 0.5) is 11.4 Å². The van der Waals surface area contributed by atoms with E-state index >= 15 is 0 Å². The molecule has 1 aliphatic heterocycles. The molecule has 0 N–H and O–H groups in total. The van der Waals surface area contributed by atoms with Crippen molar-refractivity contribution in [1.82, 2.24) is 9.29 Å². The van der Waals surface area contributed by atoms with Crippen molar-refractivity contribution in [3.63, 3.8) is 0 Å². The lowest BCUT2D eigenvalue weighted by atomic mass is 10.1. The van der Waals surface area contributed by atoms with Crippen molar-refractivity contribution in [2.45, 2.75) is 17.7 Å². The van der Waals surface area contributed by atoms with Gasteiger partial charge < -0.3 is 9.80 Å². The minimum Gasteiger partial charge on any atom is -0.368 e. The molecule has 34 heavy (non-hydrogen) atoms. The van der Waals surface area contributed by atoms with Crippen LogP contribution >= 0.6 is 0 Å². The van der Waals surface area contributed by atoms with E-state index in [1.807, 2.05) is 36.7 Å². The molecule has 0 spiro atoms. The number of carbonyl (C=O) groups excluding carboxylic acids is 1. The van der Waals surface area contributed by atoms with Gasteiger partial charge in [0, 0.05) is 76.4 Å². The number of hydrogen-bond acceptors (Lipinski definition) is 6. The number of nitrogens with zero attached hydrogens (tertiary/aromatic N) is 4. The second-order valence-electron chi connectivity index (χ2n) is 8.45. The van der Waals surface area contributed by atoms with Crippen LogP contribution < -0.4 is 9.80 Å². The van der Waals surface area contributed by atoms with Gasteiger partial charge in [0.25, 0.3) is 0 Å². The summed E-state index contributed by atoms with van der Waals surface area (Å²) in [5, 5.41) is 0. The monoisotopic (exact) mass is 478 g/mol. The van der Waals surface area contributed by atoms with Gasteiger partial charge in [-0.3, -0.25) is 9.78 Å². The number of carbonyl (C=O) groups is 1. The highest BCUT2D eigenvalue weighted by Gasteiger charge is 2.21. The summed E-state index contributed by atoms with van der Waals surface area (Å²) in [6.45, 7) is 3.93. The Kier molecular flexibility index (Phi) is 7.59. The smallest absolute Gasteiger partial charge is 0.242 e. The standard InChI is InChI=1S/C26H30N4O3S/c1-28(34(32,33)26-5-3-2-4-6-26)16-13-25(31)21-22-7-9-23(10-8-22)29-17-19-30(20-18-29)24-11-14-27-15-12-24/h2-12,14-15H,13,16-21H2,1H3. The molecule has 4 rings (SSSR count). The van der Waals surface area contributed by atoms with Crippen LogP contribution in [0.1, 0.15) is 12.0 Å². The highest BCUT2D eigenvalue weighted by atomic mass is 32.2. The van der Waals surface area contributed by atoms with Crippen molar-refractivity contribution in [1.29, 1.82) is 0 Å². The van der Waals surface area contributed by atoms with Crippen LogP contribution in [0.15, 0.2) is 84.0 Å². The Bertz CT molecular complexity index is 1180. The molecular formula is C26H30N4O3S. The highest BCUT2D eigenvalue weighted by Crippen LogP contribution is 2.21. The fourth-order valence-corrected chi connectivity index (χ4v) is 5.29. The minimum absolute atomic E-state index is 0.0221. The first-order valence-corrected chi connectivity index (χ1v) is 12.9. The van der Waals surface area contributed by atoms with Crippen LogP contribution in [0, 0.1) is 0 Å². The molecule has 2 aromatic carbocycles. The Balaban J connectivity index is 1.25. The largest absolute Gasteiger partial charge is 0.368 e. The van der Waals surface area contributed by atoms with E-state index in [0.717, 1.165) is 37.4 Å². The quantitative estimate of drug-likeness (QED) is 0.470. The van der Waals surface area contributed by atoms with E-state index in [1.54, 1.807) is 30.3 Å². The molecule has 1 fully saturated rings. The van der Waals surface area contributed by atoms with E-state index in [-0.39, 0.29) is 23.6 Å². The number of aromatic nitrogens is 1. The Hall–Kier alpha value is -3.23. The molecule has 0 bridgehead atoms. The molecular weight excluding hydrogens is 448 g/mol. The summed E-state index contributed by atoms with van der Waals surface area (Å²) >= 11 is 0. The molecule has 1 saturated heterocycles. The molecule has 0 aliphatic carbocycles. The van der Waals surface area contributed by atoms with Gasteiger partial charge in [0.05, 0.1) is 4.90 Å². The SMILES string of the molecule is CN(CCC(=O)Cc1ccc(N2CCN(c3ccncc3)CC2)cc1)S(=O)(=O)c1ccccc1. The number of Topliss-reactive ketones (excluding diaryl/α,β-unsaturated/α-hetero) is 1. The molecule has 1 aliphatic rings. The number of pyridine rings is 1. The van der Waals surface area contributed by atoms with Gasteiger partial charge in [-0.2, -0.15) is 0 Å². The summed E-state index contributed by atoms with van der Waals surface area (Å²) in [6.07, 6.45) is 4.13. The zero-order valence-electron chi connectivity index (χ0n) is 19.4. The Morgan fingerprint density at radius 3 is 2.00 bits per heavy atom. The molecule has 0 atom stereocenters. The maximum absolute atomic E-state index is 12.6. The van der Waals surface area contributed by atoms with Crippen molar-refractivity contribution >= 4 is 27.2 Å². The maximum atomic E-state index is 12.6. The van der Waals surface area contributed by atoms with Gasteiger partial charge in [-0.05, 0) is 42.0 Å². The van der Waals surface area contributed by atoms with Crippen LogP contribution in [0.2, 0.25) is 0 Å². The lowest BCUT2D eigenvalue weighted by molar-refractivity contribution is -0.118. The average Bonchev–Trinajstić information content (AvgIpc) is 2.89. The topological polar surface area (TPSA) is 73.8 Å². The number of ketones is 1. The summed E-state index contributed by atoms with van der Waals surface area (Å²) < 4.78 is 26.4. The lowest BCUT2D eigenvalue weighted by Crippen LogP contribution is -2.46. The molecule has 2 heterocycles. The molecule has 1 aromatic heterocycles. The minimum atomic E-state index is -3.58. The van der Waals surface area contributed by atoms with Crippen LogP contribution in [0.5, 0.6) is 0 Å². The van der Waals surface area contributed by atoms with Gasteiger partial charge in [0.2, 0.25) is 10.0 Å². The molecule has 0 saturated carbocycles. The first-order chi connectivity index (χ1) is 16.4. The van der Waals surface area contributed by atoms with Gasteiger partial charge in [0.1, 0.15) is 5.78 Å². The van der Waals surface area contributed by atoms with Crippen molar-refractivity contribution in [2.24, 2.45) is 0 Å². The van der Waals surface area contributed by atoms with Gasteiger partial charge in [-0.25, -0.2) is 12.7 Å². The summed E-state index contributed by atoms with van der Waals surface area (Å²) in [5.41, 5.74) is 3.29. The normalized spacial score (nSPS) is 14.4. The number of benzene rings is 2. The summed E-state index contributed by atoms with van der Waals surface area (Å²) in [6, 6.07) is 20.5. The Morgan fingerprint density at radius 1 is 0.853 bits per heavy atom. The van der Waals surface area contributed by atoms with E-state index in [1.165, 1.54) is 17.0 Å². The number of hydrogen-bond donors (Lipinski definition) is 0. The van der Waals surface area contributed by atoms with Crippen LogP contribution in [0.25, 0.3) is 0 Å². The van der Waals surface area contributed by atoms with Crippen LogP contribution in [-0.4, -0.2) is 63.3 Å². The van der Waals surface area contributed by atoms with Crippen molar-refractivity contribution in [3.8, 4) is 0 Å². The summed E-state index contributed by atoms with van der Waals surface area (Å²) in [4.78, 5) is 21.5. The van der Waals surface area contributed by atoms with E-state index in [2.05, 4.69) is 26.9 Å². The van der Waals surface area contributed by atoms with Crippen molar-refractivity contribution in [2.75, 3.05) is 49.6 Å². The summed E-state index contributed by atoms with van der Waals surface area (Å²) in [5.74, 6) is 0.0221. The summed E-state index contributed by atoms with van der Waals surface area (Å²) in [7, 11) is -2.07. The maximum Gasteiger partial charge on any atom is 0.242 e. The average molecular weight is 479 g/mol. The van der Waals surface area contributed by atoms with E-state index in [9.17, 15) is 13.2 Å². The number of piperazine rings is 1. The van der Waals surface area contributed by atoms with E-state index in [0.29, 0.717) is 6.42 Å². The predicted octanol–water partition coefficient (Wildman–Crippen LogP) is 3.23. The highest BCUT2D eigenvalue weighted by molar-refractivity contribution is 7.89. The van der Waals surface area contributed by atoms with Gasteiger partial charge in [0.15, 0.2) is 0 Å². The molecule has 7 nitrogen and oxygen atoms in total. The molecule has 0 amide bonds. The van der Waals surface area contributed by atoms with Gasteiger partial charge >= 0.3 is 0 Å². The Labute approximate surface area is 201 Å². The van der Waals surface area contributed by atoms with Gasteiger partial charge in [-0.1, -0.05) is 30.3 Å². The lowest BCUT2D eigenvalue weighted by Gasteiger charge is -2.37. The number of anilines is 2. The second kappa shape index (κ2) is 10.8. The molecule has 8 heteroatoms. The number of sulfonamides is 1. The van der Waals surface area contributed by atoms with E-state index in [4.69, 9.17) is 0 Å². The molecule has 3 aromatic rings. The molecule has 0 radical (unpaired) electrons. The fraction of sp³-hybridized carbons (Fsp3) is 0.308. The zero-order valence-corrected chi connectivity index (χ0v) is 20.2. The Morgan fingerprint density at radius 2 is 1.41 bits per heavy atom. The predicted molar refractivity (Wildman–Crippen MR) is 135 cm³/mol. The van der Waals surface area contributed by atoms with Gasteiger partial charge in [-0.15, -0.1) is 0 Å². The van der Waals surface area contributed by atoms with Crippen molar-refractivity contribution in [3.05, 3.63) is 84.7 Å².